The molecule has 0 unspecified atom stereocenters. The highest BCUT2D eigenvalue weighted by Crippen LogP contribution is 2.20. The van der Waals surface area contributed by atoms with Crippen molar-refractivity contribution in [2.24, 2.45) is 0 Å². The molecule has 0 saturated carbocycles. The third kappa shape index (κ3) is 4.39. The maximum Gasteiger partial charge on any atom is 0.258 e. The molecule has 0 bridgehead atoms. The van der Waals surface area contributed by atoms with Gasteiger partial charge in [-0.15, -0.1) is 0 Å². The van der Waals surface area contributed by atoms with Crippen molar-refractivity contribution in [3.05, 3.63) is 56.1 Å². The van der Waals surface area contributed by atoms with Gasteiger partial charge in [0.15, 0.2) is 5.11 Å². The number of benzene rings is 1. The number of thiocarbonyl (C=S) groups is 1. The lowest BCUT2D eigenvalue weighted by atomic mass is 10.2. The normalized spacial score (nSPS) is 10.2. The van der Waals surface area contributed by atoms with Crippen molar-refractivity contribution in [1.29, 1.82) is 0 Å². The van der Waals surface area contributed by atoms with Gasteiger partial charge in [0.25, 0.3) is 5.91 Å². The Hall–Kier alpha value is -1.21. The second kappa shape index (κ2) is 7.37. The lowest BCUT2D eigenvalue weighted by molar-refractivity contribution is 0.0978. The smallest absolute Gasteiger partial charge is 0.258 e. The second-order valence-electron chi connectivity index (χ2n) is 4.30. The summed E-state index contributed by atoms with van der Waals surface area (Å²) in [5, 5.41) is 6.20. The molecule has 0 aliphatic rings. The molecule has 0 aliphatic carbocycles. The van der Waals surface area contributed by atoms with E-state index in [1.165, 1.54) is 6.07 Å². The molecule has 22 heavy (non-hydrogen) atoms. The van der Waals surface area contributed by atoms with Gasteiger partial charge in [0, 0.05) is 9.50 Å². The number of halogens is 3. The van der Waals surface area contributed by atoms with Gasteiger partial charge in [-0.2, -0.15) is 0 Å². The molecule has 4 nitrogen and oxygen atoms in total. The number of carbonyl (C=O) groups excluding carboxylic acids is 1. The lowest BCUT2D eigenvalue weighted by Gasteiger charge is -2.10. The molecule has 0 fully saturated rings. The molecule has 1 aromatic heterocycles. The zero-order valence-corrected chi connectivity index (χ0v) is 15.2. The van der Waals surface area contributed by atoms with Gasteiger partial charge in [-0.25, -0.2) is 4.98 Å². The number of amides is 1. The van der Waals surface area contributed by atoms with Crippen LogP contribution in [0.25, 0.3) is 0 Å². The Morgan fingerprint density at radius 2 is 2.00 bits per heavy atom. The maximum atomic E-state index is 12.1. The van der Waals surface area contributed by atoms with Crippen LogP contribution in [0.1, 0.15) is 16.1 Å². The van der Waals surface area contributed by atoms with Gasteiger partial charge in [-0.1, -0.05) is 23.2 Å². The first-order valence-corrected chi connectivity index (χ1v) is 8.03. The van der Waals surface area contributed by atoms with Crippen LogP contribution in [0.3, 0.4) is 0 Å². The van der Waals surface area contributed by atoms with E-state index in [2.05, 4.69) is 31.5 Å². The molecule has 8 heteroatoms. The predicted molar refractivity (Wildman–Crippen MR) is 96.8 cm³/mol. The third-order valence-electron chi connectivity index (χ3n) is 2.66. The summed E-state index contributed by atoms with van der Waals surface area (Å²) in [6.45, 7) is 1.85. The van der Waals surface area contributed by atoms with Crippen molar-refractivity contribution in [1.82, 2.24) is 10.3 Å². The molecule has 2 aromatic rings. The zero-order valence-electron chi connectivity index (χ0n) is 11.3. The Balaban J connectivity index is 2.06. The average molecular weight is 419 g/mol. The van der Waals surface area contributed by atoms with Crippen LogP contribution in [0.2, 0.25) is 10.0 Å². The topological polar surface area (TPSA) is 54.0 Å². The molecule has 114 valence electrons. The van der Waals surface area contributed by atoms with Gasteiger partial charge in [-0.3, -0.25) is 10.1 Å². The number of anilines is 1. The summed E-state index contributed by atoms with van der Waals surface area (Å²) in [6.07, 6.45) is 0. The first-order chi connectivity index (χ1) is 10.4. The van der Waals surface area contributed by atoms with E-state index in [9.17, 15) is 4.79 Å². The fourth-order valence-electron chi connectivity index (χ4n) is 1.60. The Labute approximate surface area is 151 Å². The summed E-state index contributed by atoms with van der Waals surface area (Å²) in [5.74, 6) is 0.0852. The van der Waals surface area contributed by atoms with Crippen LogP contribution in [0.4, 0.5) is 5.82 Å². The van der Waals surface area contributed by atoms with Crippen LogP contribution < -0.4 is 10.6 Å². The number of carbonyl (C=O) groups is 1. The van der Waals surface area contributed by atoms with Gasteiger partial charge in [0.1, 0.15) is 5.82 Å². The second-order valence-corrected chi connectivity index (χ2v) is 6.40. The number of aryl methyl sites for hydroxylation is 1. The van der Waals surface area contributed by atoms with Gasteiger partial charge in [0.05, 0.1) is 16.3 Å². The maximum absolute atomic E-state index is 12.1. The van der Waals surface area contributed by atoms with Crippen molar-refractivity contribution in [2.75, 3.05) is 5.32 Å². The minimum atomic E-state index is -0.446. The molecule has 0 atom stereocenters. The molecule has 1 aromatic carbocycles. The molecule has 1 amide bonds. The highest BCUT2D eigenvalue weighted by Gasteiger charge is 2.13. The molecule has 0 spiro atoms. The number of hydrogen-bond donors (Lipinski definition) is 2. The fraction of sp³-hybridized carbons (Fsp3) is 0.0714. The Kier molecular flexibility index (Phi) is 5.74. The summed E-state index contributed by atoms with van der Waals surface area (Å²) in [6, 6.07) is 8.20. The Morgan fingerprint density at radius 3 is 2.68 bits per heavy atom. The van der Waals surface area contributed by atoms with Crippen LogP contribution in [0, 0.1) is 6.92 Å². The summed E-state index contributed by atoms with van der Waals surface area (Å²) < 4.78 is 0.888. The van der Waals surface area contributed by atoms with E-state index in [1.54, 1.807) is 18.2 Å². The number of nitrogens with one attached hydrogen (secondary N) is 2. The molecule has 1 heterocycles. The number of rotatable bonds is 2. The Morgan fingerprint density at radius 1 is 1.27 bits per heavy atom. The molecule has 2 rings (SSSR count). The van der Waals surface area contributed by atoms with Gasteiger partial charge in [0.2, 0.25) is 0 Å². The van der Waals surface area contributed by atoms with Crippen molar-refractivity contribution < 1.29 is 4.79 Å². The third-order valence-corrected chi connectivity index (χ3v) is 4.27. The monoisotopic (exact) mass is 417 g/mol. The summed E-state index contributed by atoms with van der Waals surface area (Å²) in [7, 11) is 0. The van der Waals surface area contributed by atoms with E-state index in [1.807, 2.05) is 13.0 Å². The number of pyridine rings is 1. The molecular formula is C14H10BrCl2N3OS. The standard InChI is InChI=1S/C14H10BrCl2N3OS/c1-7-10(15)3-5-12(18-7)19-14(22)20-13(21)9-6-8(16)2-4-11(9)17/h2-6H,1H3,(H2,18,19,20,21,22). The first-order valence-electron chi connectivity index (χ1n) is 6.07. The molecule has 0 saturated heterocycles. The van der Waals surface area contributed by atoms with Crippen molar-refractivity contribution in [2.45, 2.75) is 6.92 Å². The molecule has 0 radical (unpaired) electrons. The SMILES string of the molecule is Cc1nc(NC(=S)NC(=O)c2cc(Cl)ccc2Cl)ccc1Br. The molecular weight excluding hydrogens is 409 g/mol. The quantitative estimate of drug-likeness (QED) is 0.700. The average Bonchev–Trinajstić information content (AvgIpc) is 2.45. The summed E-state index contributed by atoms with van der Waals surface area (Å²) in [4.78, 5) is 16.4. The minimum absolute atomic E-state index is 0.121. The van der Waals surface area contributed by atoms with Crippen molar-refractivity contribution >= 4 is 68.2 Å². The Bertz CT molecular complexity index is 755. The largest absolute Gasteiger partial charge is 0.317 e. The van der Waals surface area contributed by atoms with Crippen molar-refractivity contribution in [3.63, 3.8) is 0 Å². The van der Waals surface area contributed by atoms with Crippen LogP contribution >= 0.6 is 51.3 Å². The van der Waals surface area contributed by atoms with E-state index in [0.717, 1.165) is 10.2 Å². The van der Waals surface area contributed by atoms with Crippen LogP contribution in [0.5, 0.6) is 0 Å². The molecule has 0 aliphatic heterocycles. The number of aromatic nitrogens is 1. The van der Waals surface area contributed by atoms with E-state index < -0.39 is 5.91 Å². The van der Waals surface area contributed by atoms with E-state index in [0.29, 0.717) is 15.9 Å². The summed E-state index contributed by atoms with van der Waals surface area (Å²) in [5.41, 5.74) is 1.05. The zero-order chi connectivity index (χ0) is 16.3. The fourth-order valence-corrected chi connectivity index (χ4v) is 2.40. The number of hydrogen-bond acceptors (Lipinski definition) is 3. The lowest BCUT2D eigenvalue weighted by Crippen LogP contribution is -2.34. The van der Waals surface area contributed by atoms with E-state index in [-0.39, 0.29) is 10.7 Å². The van der Waals surface area contributed by atoms with Crippen LogP contribution in [-0.4, -0.2) is 16.0 Å². The number of nitrogens with zero attached hydrogens (tertiary/aromatic N) is 1. The highest BCUT2D eigenvalue weighted by atomic mass is 79.9. The van der Waals surface area contributed by atoms with Gasteiger partial charge in [-0.05, 0) is 65.4 Å². The van der Waals surface area contributed by atoms with Crippen LogP contribution in [0.15, 0.2) is 34.8 Å². The van der Waals surface area contributed by atoms with E-state index in [4.69, 9.17) is 35.4 Å². The summed E-state index contributed by atoms with van der Waals surface area (Å²) >= 11 is 20.3. The first kappa shape index (κ1) is 17.1. The minimum Gasteiger partial charge on any atom is -0.317 e. The van der Waals surface area contributed by atoms with Gasteiger partial charge < -0.3 is 5.32 Å². The predicted octanol–water partition coefficient (Wildman–Crippen LogP) is 4.59. The van der Waals surface area contributed by atoms with Gasteiger partial charge >= 0.3 is 0 Å². The van der Waals surface area contributed by atoms with Crippen LogP contribution in [-0.2, 0) is 0 Å². The highest BCUT2D eigenvalue weighted by molar-refractivity contribution is 9.10. The van der Waals surface area contributed by atoms with Crippen molar-refractivity contribution in [3.8, 4) is 0 Å². The molecule has 2 N–H and O–H groups in total. The van der Waals surface area contributed by atoms with E-state index >= 15 is 0 Å².